The molecule has 0 aromatic rings. The Bertz CT molecular complexity index is 55.0. The van der Waals surface area contributed by atoms with Gasteiger partial charge in [-0.15, -0.1) is 0 Å². The van der Waals surface area contributed by atoms with E-state index in [0.29, 0.717) is 0 Å². The first-order valence-corrected chi connectivity index (χ1v) is 2.89. The first kappa shape index (κ1) is 12.5. The van der Waals surface area contributed by atoms with Crippen LogP contribution in [-0.2, 0) is 9.47 Å². The fourth-order valence-corrected chi connectivity index (χ4v) is 0.518. The molecule has 0 radical (unpaired) electrons. The number of rotatable bonds is 3. The Labute approximate surface area is 62.4 Å². The molecule has 0 atom stereocenters. The summed E-state index contributed by atoms with van der Waals surface area (Å²) in [5, 5.41) is 7.00. The Hall–Kier alpha value is -0.160. The topological polar surface area (TPSA) is 41.9 Å². The third kappa shape index (κ3) is 5.97. The summed E-state index contributed by atoms with van der Waals surface area (Å²) in [7, 11) is 7.98. The molecule has 0 amide bonds. The summed E-state index contributed by atoms with van der Waals surface area (Å²) in [6, 6.07) is 0. The van der Waals surface area contributed by atoms with Crippen LogP contribution in [0.3, 0.4) is 0 Å². The Morgan fingerprint density at radius 2 is 1.40 bits per heavy atom. The predicted molar refractivity (Wildman–Crippen MR) is 39.6 cm³/mol. The lowest BCUT2D eigenvalue weighted by Gasteiger charge is -2.19. The van der Waals surface area contributed by atoms with Crippen LogP contribution in [0.5, 0.6) is 0 Å². The monoisotopic (exact) mass is 151 g/mol. The maximum atomic E-state index is 7.00. The Morgan fingerprint density at radius 1 is 1.10 bits per heavy atom. The van der Waals surface area contributed by atoms with Crippen LogP contribution < -0.4 is 0 Å². The molecule has 0 aliphatic carbocycles. The second-order valence-electron chi connectivity index (χ2n) is 1.74. The molecule has 0 aliphatic rings. The highest BCUT2D eigenvalue weighted by molar-refractivity contribution is 4.33. The first-order chi connectivity index (χ1) is 4.72. The fraction of sp³-hybridized carbons (Fsp3) is 1.00. The van der Waals surface area contributed by atoms with Crippen LogP contribution in [0.4, 0.5) is 0 Å². The van der Waals surface area contributed by atoms with Gasteiger partial charge in [-0.25, -0.2) is 0 Å². The molecule has 0 spiro atoms. The van der Waals surface area contributed by atoms with Gasteiger partial charge in [0.05, 0.1) is 0 Å². The van der Waals surface area contributed by atoms with Crippen molar-refractivity contribution in [2.24, 2.45) is 0 Å². The van der Waals surface area contributed by atoms with Crippen LogP contribution in [0.25, 0.3) is 0 Å². The molecule has 0 saturated carbocycles. The van der Waals surface area contributed by atoms with Gasteiger partial charge in [0.25, 0.3) is 0 Å². The summed E-state index contributed by atoms with van der Waals surface area (Å²) in [5.74, 6) is 0. The quantitative estimate of drug-likeness (QED) is 0.564. The summed E-state index contributed by atoms with van der Waals surface area (Å²) in [6.07, 6.45) is -0.213. The lowest BCUT2D eigenvalue weighted by molar-refractivity contribution is -0.179. The van der Waals surface area contributed by atoms with Crippen LogP contribution in [0.2, 0.25) is 0 Å². The molecule has 0 heterocycles. The third-order valence-electron chi connectivity index (χ3n) is 0.825. The van der Waals surface area contributed by atoms with Crippen molar-refractivity contribution in [1.82, 2.24) is 4.90 Å². The summed E-state index contributed by atoms with van der Waals surface area (Å²) in [6.45, 7) is 0. The van der Waals surface area contributed by atoms with Gasteiger partial charge in [-0.3, -0.25) is 4.90 Å². The Balaban J connectivity index is 0. The zero-order valence-electron chi connectivity index (χ0n) is 7.29. The minimum Gasteiger partial charge on any atom is -0.400 e. The second kappa shape index (κ2) is 8.84. The molecule has 64 valence electrons. The van der Waals surface area contributed by atoms with Gasteiger partial charge in [0.2, 0.25) is 6.41 Å². The second-order valence-corrected chi connectivity index (χ2v) is 1.74. The molecule has 10 heavy (non-hydrogen) atoms. The predicted octanol–water partition coefficient (Wildman–Crippen LogP) is -0.267. The molecule has 1 N–H and O–H groups in total. The van der Waals surface area contributed by atoms with E-state index < -0.39 is 0 Å². The molecule has 4 nitrogen and oxygen atoms in total. The molecule has 0 aromatic carbocycles. The van der Waals surface area contributed by atoms with E-state index in [2.05, 4.69) is 0 Å². The lowest BCUT2D eigenvalue weighted by Crippen LogP contribution is -2.30. The van der Waals surface area contributed by atoms with Crippen LogP contribution in [0.1, 0.15) is 0 Å². The minimum atomic E-state index is -0.213. The van der Waals surface area contributed by atoms with E-state index in [4.69, 9.17) is 14.6 Å². The summed E-state index contributed by atoms with van der Waals surface area (Å²) >= 11 is 0. The van der Waals surface area contributed by atoms with Crippen molar-refractivity contribution in [1.29, 1.82) is 0 Å². The average Bonchev–Trinajstić information content (AvgIpc) is 1.94. The van der Waals surface area contributed by atoms with E-state index in [0.717, 1.165) is 7.11 Å². The molecule has 0 unspecified atom stereocenters. The zero-order valence-corrected chi connectivity index (χ0v) is 7.29. The third-order valence-corrected chi connectivity index (χ3v) is 0.825. The van der Waals surface area contributed by atoms with Gasteiger partial charge >= 0.3 is 0 Å². The molecule has 0 aromatic heterocycles. The van der Waals surface area contributed by atoms with Gasteiger partial charge in [-0.1, -0.05) is 0 Å². The van der Waals surface area contributed by atoms with Crippen LogP contribution in [0.15, 0.2) is 0 Å². The standard InChI is InChI=1S/C5H13NO2.CH4O/c1-6(2)5(7-3)8-4;1-2/h5H,1-4H3;2H,1H3. The molecular weight excluding hydrogens is 134 g/mol. The van der Waals surface area contributed by atoms with Crippen LogP contribution >= 0.6 is 0 Å². The highest BCUT2D eigenvalue weighted by Crippen LogP contribution is 1.91. The largest absolute Gasteiger partial charge is 0.400 e. The van der Waals surface area contributed by atoms with Crippen molar-refractivity contribution < 1.29 is 14.6 Å². The van der Waals surface area contributed by atoms with Crippen molar-refractivity contribution in [2.45, 2.75) is 6.41 Å². The van der Waals surface area contributed by atoms with E-state index in [1.165, 1.54) is 0 Å². The number of hydrogen-bond donors (Lipinski definition) is 1. The Kier molecular flexibility index (Phi) is 11.1. The van der Waals surface area contributed by atoms with E-state index in [-0.39, 0.29) is 6.41 Å². The van der Waals surface area contributed by atoms with Gasteiger partial charge < -0.3 is 14.6 Å². The molecular formula is C6H17NO3. The molecule has 0 fully saturated rings. The van der Waals surface area contributed by atoms with E-state index in [1.807, 2.05) is 19.0 Å². The fourth-order valence-electron chi connectivity index (χ4n) is 0.518. The van der Waals surface area contributed by atoms with Crippen molar-refractivity contribution in [3.8, 4) is 0 Å². The van der Waals surface area contributed by atoms with Crippen LogP contribution in [0, 0.1) is 0 Å². The maximum Gasteiger partial charge on any atom is 0.217 e. The number of nitrogens with zero attached hydrogens (tertiary/aromatic N) is 1. The summed E-state index contributed by atoms with van der Waals surface area (Å²) in [5.41, 5.74) is 0. The maximum absolute atomic E-state index is 7.00. The van der Waals surface area contributed by atoms with Crippen molar-refractivity contribution in [3.63, 3.8) is 0 Å². The number of aliphatic hydroxyl groups excluding tert-OH is 1. The minimum absolute atomic E-state index is 0.213. The molecule has 0 saturated heterocycles. The summed E-state index contributed by atoms with van der Waals surface area (Å²) < 4.78 is 9.73. The number of aliphatic hydroxyl groups is 1. The first-order valence-electron chi connectivity index (χ1n) is 2.89. The van der Waals surface area contributed by atoms with Crippen molar-refractivity contribution >= 4 is 0 Å². The SMILES string of the molecule is CO.COC(OC)N(C)C. The molecule has 0 bridgehead atoms. The van der Waals surface area contributed by atoms with E-state index in [1.54, 1.807) is 14.2 Å². The number of ether oxygens (including phenoxy) is 2. The van der Waals surface area contributed by atoms with Gasteiger partial charge in [0.1, 0.15) is 0 Å². The van der Waals surface area contributed by atoms with Crippen molar-refractivity contribution in [3.05, 3.63) is 0 Å². The molecule has 0 aliphatic heterocycles. The van der Waals surface area contributed by atoms with Crippen LogP contribution in [-0.4, -0.2) is 51.8 Å². The van der Waals surface area contributed by atoms with Gasteiger partial charge in [-0.2, -0.15) is 0 Å². The van der Waals surface area contributed by atoms with Gasteiger partial charge in [0.15, 0.2) is 0 Å². The van der Waals surface area contributed by atoms with Gasteiger partial charge in [0, 0.05) is 21.3 Å². The Morgan fingerprint density at radius 3 is 1.40 bits per heavy atom. The highest BCUT2D eigenvalue weighted by Gasteiger charge is 2.04. The zero-order chi connectivity index (χ0) is 8.57. The smallest absolute Gasteiger partial charge is 0.217 e. The molecule has 4 heteroatoms. The normalized spacial score (nSPS) is 9.60. The number of hydrogen-bond acceptors (Lipinski definition) is 4. The van der Waals surface area contributed by atoms with Gasteiger partial charge in [-0.05, 0) is 14.1 Å². The van der Waals surface area contributed by atoms with Crippen molar-refractivity contribution in [2.75, 3.05) is 35.4 Å². The van der Waals surface area contributed by atoms with E-state index >= 15 is 0 Å². The average molecular weight is 151 g/mol. The molecule has 0 rings (SSSR count). The number of methoxy groups -OCH3 is 2. The lowest BCUT2D eigenvalue weighted by atomic mass is 10.9. The highest BCUT2D eigenvalue weighted by atomic mass is 16.7. The summed E-state index contributed by atoms with van der Waals surface area (Å²) in [4.78, 5) is 1.83. The van der Waals surface area contributed by atoms with E-state index in [9.17, 15) is 0 Å².